The fourth-order valence-electron chi connectivity index (χ4n) is 2.60. The third-order valence-corrected chi connectivity index (χ3v) is 5.80. The second-order valence-electron chi connectivity index (χ2n) is 5.44. The molecule has 0 spiro atoms. The number of hydrogen-bond donors (Lipinski definition) is 0. The summed E-state index contributed by atoms with van der Waals surface area (Å²) in [5, 5.41) is 1.56. The number of fused-ring (bicyclic) bond motifs is 1. The molecule has 1 aliphatic rings. The van der Waals surface area contributed by atoms with Crippen molar-refractivity contribution in [2.45, 2.75) is 25.5 Å². The summed E-state index contributed by atoms with van der Waals surface area (Å²) in [4.78, 5) is 14.0. The van der Waals surface area contributed by atoms with Crippen LogP contribution in [0.2, 0.25) is 5.02 Å². The lowest BCUT2D eigenvalue weighted by Gasteiger charge is -2.17. The molecule has 22 heavy (non-hydrogen) atoms. The van der Waals surface area contributed by atoms with Gasteiger partial charge in [0.1, 0.15) is 9.90 Å². The maximum absolute atomic E-state index is 11.7. The molecule has 0 aliphatic carbocycles. The number of benzene rings is 1. The lowest BCUT2D eigenvalue weighted by molar-refractivity contribution is 0.539. The van der Waals surface area contributed by atoms with Gasteiger partial charge in [-0.2, -0.15) is 0 Å². The molecule has 1 fully saturated rings. The molecule has 0 N–H and O–H groups in total. The van der Waals surface area contributed by atoms with Crippen LogP contribution in [-0.4, -0.2) is 22.3 Å². The van der Waals surface area contributed by atoms with Crippen LogP contribution < -0.4 is 5.63 Å². The van der Waals surface area contributed by atoms with Crippen LogP contribution in [-0.2, 0) is 5.75 Å². The van der Waals surface area contributed by atoms with E-state index in [-0.39, 0.29) is 5.63 Å². The summed E-state index contributed by atoms with van der Waals surface area (Å²) in [6, 6.07) is 5.21. The second kappa shape index (κ2) is 6.60. The van der Waals surface area contributed by atoms with Gasteiger partial charge in [0.2, 0.25) is 0 Å². The predicted molar refractivity (Wildman–Crippen MR) is 96.9 cm³/mol. The molecular weight excluding hydrogens is 338 g/mol. The van der Waals surface area contributed by atoms with Gasteiger partial charge in [0.05, 0.1) is 0 Å². The molecule has 0 atom stereocenters. The van der Waals surface area contributed by atoms with Gasteiger partial charge < -0.3 is 9.32 Å². The van der Waals surface area contributed by atoms with Crippen molar-refractivity contribution in [2.75, 3.05) is 13.1 Å². The highest BCUT2D eigenvalue weighted by molar-refractivity contribution is 8.22. The Morgan fingerprint density at radius 2 is 2.09 bits per heavy atom. The molecule has 0 bridgehead atoms. The molecule has 3 rings (SSSR count). The van der Waals surface area contributed by atoms with Crippen molar-refractivity contribution in [1.29, 1.82) is 0 Å². The maximum Gasteiger partial charge on any atom is 0.336 e. The number of thiocarbonyl (C=S) groups is 1. The van der Waals surface area contributed by atoms with Gasteiger partial charge >= 0.3 is 5.63 Å². The Morgan fingerprint density at radius 1 is 1.36 bits per heavy atom. The lowest BCUT2D eigenvalue weighted by Crippen LogP contribution is -2.23. The van der Waals surface area contributed by atoms with Crippen molar-refractivity contribution in [3.63, 3.8) is 0 Å². The Balaban J connectivity index is 1.87. The first kappa shape index (κ1) is 15.8. The predicted octanol–water partition coefficient (Wildman–Crippen LogP) is 4.37. The summed E-state index contributed by atoms with van der Waals surface area (Å²) in [7, 11) is 0. The van der Waals surface area contributed by atoms with E-state index in [9.17, 15) is 4.79 Å². The Morgan fingerprint density at radius 3 is 2.82 bits per heavy atom. The second-order valence-corrected chi connectivity index (χ2v) is 7.45. The monoisotopic (exact) mass is 353 g/mol. The molecule has 2 heterocycles. The van der Waals surface area contributed by atoms with Gasteiger partial charge in [-0.1, -0.05) is 35.6 Å². The quantitative estimate of drug-likeness (QED) is 0.591. The van der Waals surface area contributed by atoms with E-state index in [1.54, 1.807) is 11.8 Å². The van der Waals surface area contributed by atoms with Crippen LogP contribution in [0.25, 0.3) is 11.0 Å². The van der Waals surface area contributed by atoms with Gasteiger partial charge in [0.25, 0.3) is 0 Å². The van der Waals surface area contributed by atoms with Crippen molar-refractivity contribution in [2.24, 2.45) is 0 Å². The topological polar surface area (TPSA) is 33.5 Å². The summed E-state index contributed by atoms with van der Waals surface area (Å²) in [5.74, 6) is 0.650. The highest BCUT2D eigenvalue weighted by atomic mass is 35.5. The number of nitrogens with zero attached hydrogens (tertiary/aromatic N) is 1. The Kier molecular flexibility index (Phi) is 4.76. The van der Waals surface area contributed by atoms with E-state index in [1.165, 1.54) is 18.9 Å². The van der Waals surface area contributed by atoms with E-state index in [2.05, 4.69) is 4.90 Å². The molecule has 0 amide bonds. The largest absolute Gasteiger partial charge is 0.423 e. The Hall–Kier alpha value is -1.04. The minimum atomic E-state index is -0.336. The molecule has 2 aromatic rings. The normalized spacial score (nSPS) is 14.7. The zero-order chi connectivity index (χ0) is 15.7. The molecule has 116 valence electrons. The van der Waals surface area contributed by atoms with E-state index in [1.807, 2.05) is 19.1 Å². The van der Waals surface area contributed by atoms with Crippen molar-refractivity contribution >= 4 is 50.9 Å². The fourth-order valence-corrected chi connectivity index (χ4v) is 4.00. The highest BCUT2D eigenvalue weighted by Gasteiger charge is 2.16. The number of likely N-dealkylation sites (tertiary alicyclic amines) is 1. The summed E-state index contributed by atoms with van der Waals surface area (Å²) >= 11 is 13.3. The summed E-state index contributed by atoms with van der Waals surface area (Å²) in [6.07, 6.45) is 2.40. The SMILES string of the molecule is Cc1cc2oc(=O)cc(CSC(=S)N3CCCC3)c2cc1Cl. The zero-order valence-electron chi connectivity index (χ0n) is 12.2. The summed E-state index contributed by atoms with van der Waals surface area (Å²) in [6.45, 7) is 3.97. The third-order valence-electron chi connectivity index (χ3n) is 3.82. The van der Waals surface area contributed by atoms with E-state index in [0.717, 1.165) is 33.9 Å². The van der Waals surface area contributed by atoms with Crippen LogP contribution in [0.1, 0.15) is 24.0 Å². The Labute approximate surface area is 143 Å². The average Bonchev–Trinajstić information content (AvgIpc) is 3.00. The summed E-state index contributed by atoms with van der Waals surface area (Å²) in [5.41, 5.74) is 2.06. The Bertz CT molecular complexity index is 782. The molecule has 1 aromatic heterocycles. The van der Waals surface area contributed by atoms with Crippen LogP contribution in [0.3, 0.4) is 0 Å². The van der Waals surface area contributed by atoms with Crippen LogP contribution >= 0.6 is 35.6 Å². The number of rotatable bonds is 2. The van der Waals surface area contributed by atoms with Crippen molar-refractivity contribution in [3.05, 3.63) is 44.8 Å². The number of halogens is 1. The number of hydrogen-bond acceptors (Lipinski definition) is 4. The standard InChI is InChI=1S/C16H16ClNO2S2/c1-10-6-14-12(8-13(10)17)11(7-15(19)20-14)9-22-16(21)18-4-2-3-5-18/h6-8H,2-5,9H2,1H3. The number of thioether (sulfide) groups is 1. The molecular formula is C16H16ClNO2S2. The number of aryl methyl sites for hydroxylation is 1. The average molecular weight is 354 g/mol. The first-order valence-corrected chi connectivity index (χ1v) is 8.96. The van der Waals surface area contributed by atoms with Gasteiger partial charge in [-0.3, -0.25) is 0 Å². The van der Waals surface area contributed by atoms with E-state index >= 15 is 0 Å². The van der Waals surface area contributed by atoms with E-state index in [0.29, 0.717) is 16.4 Å². The first-order valence-electron chi connectivity index (χ1n) is 7.19. The van der Waals surface area contributed by atoms with Gasteiger partial charge in [0.15, 0.2) is 0 Å². The van der Waals surface area contributed by atoms with Gasteiger partial charge in [-0.05, 0) is 43.0 Å². The van der Waals surface area contributed by atoms with E-state index < -0.39 is 0 Å². The molecule has 1 saturated heterocycles. The van der Waals surface area contributed by atoms with Crippen LogP contribution in [0.15, 0.2) is 27.4 Å². The van der Waals surface area contributed by atoms with E-state index in [4.69, 9.17) is 28.2 Å². The van der Waals surface area contributed by atoms with Gasteiger partial charge in [-0.25, -0.2) is 4.79 Å². The van der Waals surface area contributed by atoms with Crippen molar-refractivity contribution in [1.82, 2.24) is 4.90 Å². The molecule has 6 heteroatoms. The lowest BCUT2D eigenvalue weighted by atomic mass is 10.1. The summed E-state index contributed by atoms with van der Waals surface area (Å²) < 4.78 is 6.18. The van der Waals surface area contributed by atoms with Crippen molar-refractivity contribution in [3.8, 4) is 0 Å². The van der Waals surface area contributed by atoms with Crippen LogP contribution in [0, 0.1) is 6.92 Å². The highest BCUT2D eigenvalue weighted by Crippen LogP contribution is 2.28. The smallest absolute Gasteiger partial charge is 0.336 e. The maximum atomic E-state index is 11.7. The third kappa shape index (κ3) is 3.31. The molecule has 1 aromatic carbocycles. The first-order chi connectivity index (χ1) is 10.5. The van der Waals surface area contributed by atoms with Crippen molar-refractivity contribution < 1.29 is 4.42 Å². The molecule has 3 nitrogen and oxygen atoms in total. The van der Waals surface area contributed by atoms with Gasteiger partial charge in [-0.15, -0.1) is 0 Å². The van der Waals surface area contributed by atoms with Crippen LogP contribution in [0.5, 0.6) is 0 Å². The zero-order valence-corrected chi connectivity index (χ0v) is 14.6. The fraction of sp³-hybridized carbons (Fsp3) is 0.375. The van der Waals surface area contributed by atoms with Gasteiger partial charge in [0, 0.05) is 35.3 Å². The minimum absolute atomic E-state index is 0.336. The molecule has 0 saturated carbocycles. The van der Waals surface area contributed by atoms with Crippen LogP contribution in [0.4, 0.5) is 0 Å². The minimum Gasteiger partial charge on any atom is -0.423 e. The molecule has 1 aliphatic heterocycles. The molecule has 0 radical (unpaired) electrons. The molecule has 0 unspecified atom stereocenters.